The van der Waals surface area contributed by atoms with Crippen molar-refractivity contribution < 1.29 is 14.6 Å². The van der Waals surface area contributed by atoms with E-state index in [0.717, 1.165) is 10.2 Å². The minimum Gasteiger partial charge on any atom is -0.478 e. The summed E-state index contributed by atoms with van der Waals surface area (Å²) in [5, 5.41) is 16.7. The molecule has 0 saturated carbocycles. The summed E-state index contributed by atoms with van der Waals surface area (Å²) in [5.41, 5.74) is 0.829. The lowest BCUT2D eigenvalue weighted by Gasteiger charge is -2.07. The van der Waals surface area contributed by atoms with Crippen LogP contribution < -0.4 is 4.74 Å². The van der Waals surface area contributed by atoms with Gasteiger partial charge in [-0.25, -0.2) is 4.79 Å². The Balaban J connectivity index is 2.35. The number of hydrogen-bond donors (Lipinski definition) is 1. The van der Waals surface area contributed by atoms with Crippen LogP contribution in [0, 0.1) is 6.92 Å². The normalized spacial score (nSPS) is 10.1. The number of aryl methyl sites for hydroxylation is 1. The second-order valence-corrected chi connectivity index (χ2v) is 4.48. The smallest absolute Gasteiger partial charge is 0.339 e. The van der Waals surface area contributed by atoms with Crippen LogP contribution in [0.15, 0.2) is 34.8 Å². The molecule has 0 fully saturated rings. The van der Waals surface area contributed by atoms with E-state index in [9.17, 15) is 4.79 Å². The molecule has 0 aliphatic carbocycles. The number of benzene rings is 1. The van der Waals surface area contributed by atoms with Gasteiger partial charge in [-0.1, -0.05) is 15.9 Å². The van der Waals surface area contributed by atoms with Crippen molar-refractivity contribution in [1.29, 1.82) is 0 Å². The van der Waals surface area contributed by atoms with Crippen LogP contribution in [0.3, 0.4) is 0 Å². The molecule has 6 heteroatoms. The summed E-state index contributed by atoms with van der Waals surface area (Å²) in [6, 6.07) is 8.04. The monoisotopic (exact) mass is 308 g/mol. The van der Waals surface area contributed by atoms with Crippen molar-refractivity contribution in [2.24, 2.45) is 0 Å². The number of aromatic carboxylic acids is 1. The number of carboxylic acids is 1. The fourth-order valence-corrected chi connectivity index (χ4v) is 1.65. The van der Waals surface area contributed by atoms with Gasteiger partial charge in [-0.3, -0.25) is 0 Å². The number of hydrogen-bond acceptors (Lipinski definition) is 4. The molecule has 1 aromatic heterocycles. The summed E-state index contributed by atoms with van der Waals surface area (Å²) in [6.45, 7) is 1.80. The van der Waals surface area contributed by atoms with E-state index in [-0.39, 0.29) is 17.2 Å². The molecule has 2 rings (SSSR count). The van der Waals surface area contributed by atoms with Crippen LogP contribution in [-0.2, 0) is 0 Å². The van der Waals surface area contributed by atoms with Crippen molar-refractivity contribution >= 4 is 21.9 Å². The molecule has 0 atom stereocenters. The SMILES string of the molecule is Cc1ccc(Oc2cc(Br)ccc2C(=O)O)nn1. The molecule has 0 amide bonds. The van der Waals surface area contributed by atoms with E-state index in [1.54, 1.807) is 31.2 Å². The van der Waals surface area contributed by atoms with Gasteiger partial charge in [0.2, 0.25) is 5.88 Å². The van der Waals surface area contributed by atoms with Crippen molar-refractivity contribution in [1.82, 2.24) is 10.2 Å². The number of ether oxygens (including phenoxy) is 1. The van der Waals surface area contributed by atoms with Crippen LogP contribution in [0.1, 0.15) is 16.1 Å². The molecule has 0 aliphatic heterocycles. The first-order valence-electron chi connectivity index (χ1n) is 5.07. The summed E-state index contributed by atoms with van der Waals surface area (Å²) in [4.78, 5) is 11.0. The van der Waals surface area contributed by atoms with Crippen molar-refractivity contribution in [3.8, 4) is 11.6 Å². The van der Waals surface area contributed by atoms with E-state index in [2.05, 4.69) is 26.1 Å². The summed E-state index contributed by atoms with van der Waals surface area (Å²) in [7, 11) is 0. The highest BCUT2D eigenvalue weighted by Crippen LogP contribution is 2.27. The average molecular weight is 309 g/mol. The lowest BCUT2D eigenvalue weighted by molar-refractivity contribution is 0.0694. The minimum absolute atomic E-state index is 0.0700. The van der Waals surface area contributed by atoms with Gasteiger partial charge < -0.3 is 9.84 Å². The van der Waals surface area contributed by atoms with Gasteiger partial charge in [-0.2, -0.15) is 5.10 Å². The second kappa shape index (κ2) is 5.14. The van der Waals surface area contributed by atoms with E-state index in [4.69, 9.17) is 9.84 Å². The molecule has 1 aromatic carbocycles. The Morgan fingerprint density at radius 2 is 2.06 bits per heavy atom. The summed E-state index contributed by atoms with van der Waals surface area (Å²) >= 11 is 3.26. The maximum Gasteiger partial charge on any atom is 0.339 e. The highest BCUT2D eigenvalue weighted by atomic mass is 79.9. The Morgan fingerprint density at radius 1 is 1.28 bits per heavy atom. The Bertz CT molecular complexity index is 584. The third kappa shape index (κ3) is 2.84. The number of carboxylic acid groups (broad SMARTS) is 1. The molecular formula is C12H9BrN2O3. The van der Waals surface area contributed by atoms with Gasteiger partial charge in [0.25, 0.3) is 0 Å². The van der Waals surface area contributed by atoms with Crippen molar-refractivity contribution in [2.45, 2.75) is 6.92 Å². The molecule has 0 saturated heterocycles. The van der Waals surface area contributed by atoms with E-state index in [1.165, 1.54) is 6.07 Å². The van der Waals surface area contributed by atoms with Crippen molar-refractivity contribution in [3.63, 3.8) is 0 Å². The Kier molecular flexibility index (Phi) is 3.57. The molecular weight excluding hydrogens is 300 g/mol. The molecule has 18 heavy (non-hydrogen) atoms. The van der Waals surface area contributed by atoms with Gasteiger partial charge in [0.05, 0.1) is 5.69 Å². The first-order chi connectivity index (χ1) is 8.56. The molecule has 2 aromatic rings. The van der Waals surface area contributed by atoms with Crippen LogP contribution in [-0.4, -0.2) is 21.3 Å². The quantitative estimate of drug-likeness (QED) is 0.943. The van der Waals surface area contributed by atoms with Crippen LogP contribution in [0.4, 0.5) is 0 Å². The standard InChI is InChI=1S/C12H9BrN2O3/c1-7-2-5-11(15-14-7)18-10-6-8(13)3-4-9(10)12(16)17/h2-6H,1H3,(H,16,17). The second-order valence-electron chi connectivity index (χ2n) is 3.56. The molecule has 0 spiro atoms. The molecule has 0 unspecified atom stereocenters. The molecule has 5 nitrogen and oxygen atoms in total. The number of aromatic nitrogens is 2. The topological polar surface area (TPSA) is 72.3 Å². The zero-order valence-corrected chi connectivity index (χ0v) is 11.0. The first-order valence-corrected chi connectivity index (χ1v) is 5.86. The van der Waals surface area contributed by atoms with Gasteiger partial charge >= 0.3 is 5.97 Å². The largest absolute Gasteiger partial charge is 0.478 e. The average Bonchev–Trinajstić information content (AvgIpc) is 2.32. The summed E-state index contributed by atoms with van der Waals surface area (Å²) in [6.07, 6.45) is 0. The summed E-state index contributed by atoms with van der Waals surface area (Å²) in [5.74, 6) is -0.589. The highest BCUT2D eigenvalue weighted by Gasteiger charge is 2.13. The number of carbonyl (C=O) groups is 1. The van der Waals surface area contributed by atoms with Crippen molar-refractivity contribution in [2.75, 3.05) is 0 Å². The zero-order valence-electron chi connectivity index (χ0n) is 9.42. The Labute approximate surface area is 112 Å². The molecule has 1 N–H and O–H groups in total. The van der Waals surface area contributed by atoms with Gasteiger partial charge in [0.1, 0.15) is 11.3 Å². The number of halogens is 1. The van der Waals surface area contributed by atoms with Gasteiger partial charge in [-0.15, -0.1) is 5.10 Å². The van der Waals surface area contributed by atoms with Gasteiger partial charge in [0, 0.05) is 10.5 Å². The van der Waals surface area contributed by atoms with Crippen LogP contribution in [0.25, 0.3) is 0 Å². The lowest BCUT2D eigenvalue weighted by Crippen LogP contribution is -2.01. The van der Waals surface area contributed by atoms with E-state index in [0.29, 0.717) is 0 Å². The molecule has 92 valence electrons. The number of rotatable bonds is 3. The van der Waals surface area contributed by atoms with E-state index in [1.807, 2.05) is 0 Å². The third-order valence-corrected chi connectivity index (χ3v) is 2.66. The van der Waals surface area contributed by atoms with Gasteiger partial charge in [0.15, 0.2) is 0 Å². The van der Waals surface area contributed by atoms with Crippen molar-refractivity contribution in [3.05, 3.63) is 46.1 Å². The molecule has 0 aliphatic rings. The Morgan fingerprint density at radius 3 is 2.67 bits per heavy atom. The Hall–Kier alpha value is -1.95. The fraction of sp³-hybridized carbons (Fsp3) is 0.0833. The summed E-state index contributed by atoms with van der Waals surface area (Å²) < 4.78 is 6.15. The predicted molar refractivity (Wildman–Crippen MR) is 67.9 cm³/mol. The molecule has 0 radical (unpaired) electrons. The van der Waals surface area contributed by atoms with Crippen LogP contribution >= 0.6 is 15.9 Å². The molecule has 1 heterocycles. The van der Waals surface area contributed by atoms with E-state index < -0.39 is 5.97 Å². The maximum absolute atomic E-state index is 11.0. The van der Waals surface area contributed by atoms with Crippen LogP contribution in [0.5, 0.6) is 11.6 Å². The highest BCUT2D eigenvalue weighted by molar-refractivity contribution is 9.10. The van der Waals surface area contributed by atoms with Crippen LogP contribution in [0.2, 0.25) is 0 Å². The lowest BCUT2D eigenvalue weighted by atomic mass is 10.2. The molecule has 0 bridgehead atoms. The first kappa shape index (κ1) is 12.5. The minimum atomic E-state index is -1.06. The third-order valence-electron chi connectivity index (χ3n) is 2.16. The van der Waals surface area contributed by atoms with Gasteiger partial charge in [-0.05, 0) is 31.2 Å². The maximum atomic E-state index is 11.0. The fourth-order valence-electron chi connectivity index (χ4n) is 1.31. The predicted octanol–water partition coefficient (Wildman–Crippen LogP) is 3.04. The van der Waals surface area contributed by atoms with E-state index >= 15 is 0 Å². The zero-order chi connectivity index (χ0) is 13.1. The number of nitrogens with zero attached hydrogens (tertiary/aromatic N) is 2.